The van der Waals surface area contributed by atoms with Crippen molar-refractivity contribution in [2.75, 3.05) is 0 Å². The molecule has 136 valence electrons. The van der Waals surface area contributed by atoms with Crippen molar-refractivity contribution in [2.45, 2.75) is 37.4 Å². The van der Waals surface area contributed by atoms with Crippen LogP contribution in [-0.2, 0) is 13.8 Å². The van der Waals surface area contributed by atoms with Gasteiger partial charge in [-0.3, -0.25) is 18.9 Å². The number of hydrogen-bond donors (Lipinski definition) is 4. The van der Waals surface area contributed by atoms with Crippen molar-refractivity contribution in [2.24, 2.45) is 0 Å². The lowest BCUT2D eigenvalue weighted by molar-refractivity contribution is -0.126. The minimum absolute atomic E-state index is 0.460. The molecule has 1 aliphatic heterocycles. The Kier molecular flexibility index (Phi) is 5.32. The van der Waals surface area contributed by atoms with E-state index in [2.05, 4.69) is 4.52 Å². The molecule has 1 fully saturated rings. The van der Waals surface area contributed by atoms with Crippen LogP contribution in [0.2, 0.25) is 0 Å². The van der Waals surface area contributed by atoms with Gasteiger partial charge in [-0.15, -0.1) is 0 Å². The summed E-state index contributed by atoms with van der Waals surface area (Å²) in [6.07, 6.45) is -11.0. The van der Waals surface area contributed by atoms with Crippen LogP contribution in [-0.4, -0.2) is 49.2 Å². The highest BCUT2D eigenvalue weighted by Crippen LogP contribution is 2.42. The van der Waals surface area contributed by atoms with Crippen molar-refractivity contribution in [3.8, 4) is 0 Å². The number of aliphatic hydroxyl groups is 1. The molecule has 2 heterocycles. The van der Waals surface area contributed by atoms with Crippen LogP contribution in [0.5, 0.6) is 0 Å². The van der Waals surface area contributed by atoms with E-state index in [1.165, 1.54) is 0 Å². The molecule has 0 aromatic carbocycles. The summed E-state index contributed by atoms with van der Waals surface area (Å²) < 4.78 is 59.3. The Morgan fingerprint density at radius 3 is 2.58 bits per heavy atom. The first-order chi connectivity index (χ1) is 11.0. The molecule has 4 N–H and O–H groups in total. The lowest BCUT2D eigenvalue weighted by atomic mass is 10.1. The minimum atomic E-state index is -5.32. The van der Waals surface area contributed by atoms with E-state index < -0.39 is 62.3 Å². The Hall–Kier alpha value is -1.50. The largest absolute Gasteiger partial charge is 0.470 e. The van der Waals surface area contributed by atoms with E-state index in [1.54, 1.807) is 4.98 Å². The van der Waals surface area contributed by atoms with Gasteiger partial charge in [-0.2, -0.15) is 4.39 Å². The Morgan fingerprint density at radius 1 is 1.42 bits per heavy atom. The van der Waals surface area contributed by atoms with Crippen LogP contribution in [0.25, 0.3) is 0 Å². The van der Waals surface area contributed by atoms with Gasteiger partial charge in [0.25, 0.3) is 12.0 Å². The Bertz CT molecular complexity index is 761. The van der Waals surface area contributed by atoms with E-state index in [-0.39, 0.29) is 0 Å². The van der Waals surface area contributed by atoms with Gasteiger partial charge in [0.15, 0.2) is 6.10 Å². The van der Waals surface area contributed by atoms with E-state index in [9.17, 15) is 32.4 Å². The molecule has 14 heteroatoms. The SMILES string of the molecule is O=c1[nH]c(=O)n([C@H]2C[C@H](O)[C@@H]([C@H](OP(=O)(O)O)C(F)F)O2)cc1F. The smallest absolute Gasteiger partial charge is 0.390 e. The number of aliphatic hydroxyl groups excluding tert-OH is 1. The number of aromatic nitrogens is 2. The second-order valence-corrected chi connectivity index (χ2v) is 6.09. The van der Waals surface area contributed by atoms with E-state index >= 15 is 0 Å². The number of ether oxygens (including phenoxy) is 1. The van der Waals surface area contributed by atoms with Gasteiger partial charge < -0.3 is 19.6 Å². The molecular weight excluding hydrogens is 364 g/mol. The topological polar surface area (TPSA) is 151 Å². The fourth-order valence-electron chi connectivity index (χ4n) is 2.23. The van der Waals surface area contributed by atoms with Crippen molar-refractivity contribution in [3.63, 3.8) is 0 Å². The van der Waals surface area contributed by atoms with Gasteiger partial charge >= 0.3 is 13.5 Å². The number of phosphoric ester groups is 1. The predicted octanol–water partition coefficient (Wildman–Crippen LogP) is -0.933. The first kappa shape index (κ1) is 18.8. The van der Waals surface area contributed by atoms with Gasteiger partial charge in [0.1, 0.15) is 12.3 Å². The maximum Gasteiger partial charge on any atom is 0.470 e. The van der Waals surface area contributed by atoms with Crippen LogP contribution in [0.15, 0.2) is 15.8 Å². The fraction of sp³-hybridized carbons (Fsp3) is 0.600. The molecule has 0 saturated carbocycles. The highest BCUT2D eigenvalue weighted by atomic mass is 31.2. The second-order valence-electron chi connectivity index (χ2n) is 4.90. The molecule has 0 bridgehead atoms. The minimum Gasteiger partial charge on any atom is -0.390 e. The third-order valence-electron chi connectivity index (χ3n) is 3.20. The van der Waals surface area contributed by atoms with Crippen molar-refractivity contribution in [1.29, 1.82) is 0 Å². The molecule has 0 unspecified atom stereocenters. The van der Waals surface area contributed by atoms with Gasteiger partial charge in [0.05, 0.1) is 12.3 Å². The van der Waals surface area contributed by atoms with Crippen molar-refractivity contribution in [1.82, 2.24) is 9.55 Å². The number of halogens is 3. The molecule has 2 rings (SSSR count). The average molecular weight is 376 g/mol. The van der Waals surface area contributed by atoms with Crippen molar-refractivity contribution >= 4 is 7.82 Å². The Labute approximate surface area is 130 Å². The van der Waals surface area contributed by atoms with Gasteiger partial charge in [-0.25, -0.2) is 18.1 Å². The summed E-state index contributed by atoms with van der Waals surface area (Å²) >= 11 is 0. The molecule has 0 radical (unpaired) electrons. The monoisotopic (exact) mass is 376 g/mol. The zero-order valence-corrected chi connectivity index (χ0v) is 12.5. The van der Waals surface area contributed by atoms with E-state index in [0.717, 1.165) is 0 Å². The zero-order chi connectivity index (χ0) is 18.2. The summed E-state index contributed by atoms with van der Waals surface area (Å²) in [5, 5.41) is 9.78. The normalized spacial score (nSPS) is 26.0. The molecular formula is C10H12F3N2O8P. The molecule has 1 aromatic heterocycles. The molecule has 4 atom stereocenters. The lowest BCUT2D eigenvalue weighted by Crippen LogP contribution is -2.41. The highest BCUT2D eigenvalue weighted by Gasteiger charge is 2.47. The van der Waals surface area contributed by atoms with Crippen LogP contribution in [0, 0.1) is 5.82 Å². The second kappa shape index (κ2) is 6.78. The van der Waals surface area contributed by atoms with E-state index in [1.807, 2.05) is 0 Å². The van der Waals surface area contributed by atoms with E-state index in [0.29, 0.717) is 10.8 Å². The summed E-state index contributed by atoms with van der Waals surface area (Å²) in [7, 11) is -5.32. The predicted molar refractivity (Wildman–Crippen MR) is 68.7 cm³/mol. The number of nitrogens with zero attached hydrogens (tertiary/aromatic N) is 1. The fourth-order valence-corrected chi connectivity index (χ4v) is 2.76. The third-order valence-corrected chi connectivity index (χ3v) is 3.72. The van der Waals surface area contributed by atoms with Gasteiger partial charge in [-0.05, 0) is 0 Å². The standard InChI is InChI=1S/C10H12F3N2O8P/c11-3-2-15(10(18)14-9(3)17)5-1-4(16)6(22-5)7(8(12)13)23-24(19,20)21/h2,4-8,16H,1H2,(H,14,17,18)(H2,19,20,21)/t4-,5+,6-,7-/m0/s1. The molecule has 24 heavy (non-hydrogen) atoms. The van der Waals surface area contributed by atoms with Crippen molar-refractivity contribution in [3.05, 3.63) is 32.9 Å². The van der Waals surface area contributed by atoms with Crippen LogP contribution in [0.3, 0.4) is 0 Å². The maximum atomic E-state index is 13.2. The zero-order valence-electron chi connectivity index (χ0n) is 11.6. The van der Waals surface area contributed by atoms with Gasteiger partial charge in [0.2, 0.25) is 5.82 Å². The van der Waals surface area contributed by atoms with Crippen molar-refractivity contribution < 1.29 is 41.9 Å². The summed E-state index contributed by atoms with van der Waals surface area (Å²) in [5.74, 6) is -1.35. The number of nitrogens with one attached hydrogen (secondary N) is 1. The Balaban J connectivity index is 2.28. The molecule has 1 aromatic rings. The number of hydrogen-bond acceptors (Lipinski definition) is 6. The number of rotatable bonds is 5. The molecule has 0 spiro atoms. The molecule has 0 amide bonds. The van der Waals surface area contributed by atoms with Gasteiger partial charge in [0, 0.05) is 6.42 Å². The summed E-state index contributed by atoms with van der Waals surface area (Å²) in [5.41, 5.74) is -2.43. The number of phosphoric acid groups is 1. The number of alkyl halides is 2. The van der Waals surface area contributed by atoms with Crippen LogP contribution in [0.4, 0.5) is 13.2 Å². The quantitative estimate of drug-likeness (QED) is 0.481. The summed E-state index contributed by atoms with van der Waals surface area (Å²) in [6, 6.07) is 0. The summed E-state index contributed by atoms with van der Waals surface area (Å²) in [6.45, 7) is 0. The first-order valence-corrected chi connectivity index (χ1v) is 7.89. The van der Waals surface area contributed by atoms with Crippen LogP contribution >= 0.6 is 7.82 Å². The van der Waals surface area contributed by atoms with E-state index in [4.69, 9.17) is 14.5 Å². The summed E-state index contributed by atoms with van der Waals surface area (Å²) in [4.78, 5) is 41.5. The molecule has 1 aliphatic rings. The molecule has 10 nitrogen and oxygen atoms in total. The number of aromatic amines is 1. The maximum absolute atomic E-state index is 13.2. The Morgan fingerprint density at radius 2 is 2.04 bits per heavy atom. The average Bonchev–Trinajstić information content (AvgIpc) is 2.80. The molecule has 1 saturated heterocycles. The first-order valence-electron chi connectivity index (χ1n) is 6.36. The lowest BCUT2D eigenvalue weighted by Gasteiger charge is -2.25. The highest BCUT2D eigenvalue weighted by molar-refractivity contribution is 7.46. The van der Waals surface area contributed by atoms with Crippen LogP contribution in [0.1, 0.15) is 12.6 Å². The molecule has 0 aliphatic carbocycles. The number of H-pyrrole nitrogens is 1. The van der Waals surface area contributed by atoms with Crippen LogP contribution < -0.4 is 11.2 Å². The van der Waals surface area contributed by atoms with Gasteiger partial charge in [-0.1, -0.05) is 0 Å². The third kappa shape index (κ3) is 4.12.